The number of benzene rings is 2. The van der Waals surface area contributed by atoms with Gasteiger partial charge in [0.2, 0.25) is 5.91 Å². The largest absolute Gasteiger partial charge is 0.323 e. The number of carbonyl (C=O) groups is 1. The van der Waals surface area contributed by atoms with Crippen molar-refractivity contribution < 1.29 is 4.79 Å². The van der Waals surface area contributed by atoms with Crippen LogP contribution in [0.25, 0.3) is 6.08 Å². The highest BCUT2D eigenvalue weighted by Gasteiger charge is 2.00. The highest BCUT2D eigenvalue weighted by Crippen LogP contribution is 2.11. The van der Waals surface area contributed by atoms with Crippen LogP contribution >= 0.6 is 0 Å². The van der Waals surface area contributed by atoms with Crippen LogP contribution in [0.5, 0.6) is 0 Å². The van der Waals surface area contributed by atoms with E-state index in [2.05, 4.69) is 11.4 Å². The van der Waals surface area contributed by atoms with Crippen LogP contribution in [0.15, 0.2) is 54.6 Å². The topological polar surface area (TPSA) is 52.9 Å². The summed E-state index contributed by atoms with van der Waals surface area (Å²) in [6, 6.07) is 16.8. The number of nitrogens with zero attached hydrogens (tertiary/aromatic N) is 1. The van der Waals surface area contributed by atoms with Gasteiger partial charge in [-0.2, -0.15) is 5.26 Å². The Morgan fingerprint density at radius 2 is 2.00 bits per heavy atom. The Bertz CT molecular complexity index is 696. The van der Waals surface area contributed by atoms with Gasteiger partial charge in [-0.25, -0.2) is 0 Å². The molecule has 0 aliphatic rings. The first kappa shape index (κ1) is 13.6. The smallest absolute Gasteiger partial charge is 0.248 e. The lowest BCUT2D eigenvalue weighted by Crippen LogP contribution is -2.07. The molecule has 0 aliphatic carbocycles. The van der Waals surface area contributed by atoms with Gasteiger partial charge in [-0.1, -0.05) is 30.3 Å². The predicted octanol–water partition coefficient (Wildman–Crippen LogP) is 3.52. The van der Waals surface area contributed by atoms with Crippen molar-refractivity contribution in [1.82, 2.24) is 0 Å². The minimum atomic E-state index is -0.219. The fraction of sp³-hybridized carbons (Fsp3) is 0.0588. The van der Waals surface area contributed by atoms with Crippen LogP contribution < -0.4 is 5.32 Å². The number of rotatable bonds is 3. The summed E-state index contributed by atoms with van der Waals surface area (Å²) < 4.78 is 0. The molecule has 2 aromatic rings. The molecule has 0 spiro atoms. The minimum absolute atomic E-state index is 0.219. The van der Waals surface area contributed by atoms with Crippen molar-refractivity contribution in [1.29, 1.82) is 5.26 Å². The van der Waals surface area contributed by atoms with Crippen LogP contribution in [0, 0.1) is 18.3 Å². The molecule has 1 amide bonds. The fourth-order valence-electron chi connectivity index (χ4n) is 1.82. The summed E-state index contributed by atoms with van der Waals surface area (Å²) in [7, 11) is 0. The van der Waals surface area contributed by atoms with E-state index in [9.17, 15) is 4.79 Å². The van der Waals surface area contributed by atoms with Crippen LogP contribution in [-0.2, 0) is 4.79 Å². The molecule has 1 N–H and O–H groups in total. The molecular weight excluding hydrogens is 248 g/mol. The van der Waals surface area contributed by atoms with Crippen LogP contribution in [-0.4, -0.2) is 5.91 Å². The lowest BCUT2D eigenvalue weighted by molar-refractivity contribution is -0.111. The van der Waals surface area contributed by atoms with Crippen LogP contribution in [0.1, 0.15) is 16.7 Å². The maximum atomic E-state index is 11.8. The van der Waals surface area contributed by atoms with Gasteiger partial charge >= 0.3 is 0 Å². The Hall–Kier alpha value is -2.86. The number of carbonyl (C=O) groups excluding carboxylic acids is 1. The van der Waals surface area contributed by atoms with Gasteiger partial charge in [0, 0.05) is 11.8 Å². The van der Waals surface area contributed by atoms with Crippen molar-refractivity contribution in [3.8, 4) is 6.07 Å². The summed E-state index contributed by atoms with van der Waals surface area (Å²) in [5.41, 5.74) is 3.12. The van der Waals surface area contributed by atoms with Gasteiger partial charge in [-0.3, -0.25) is 4.79 Å². The molecule has 0 aliphatic heterocycles. The molecule has 2 aromatic carbocycles. The summed E-state index contributed by atoms with van der Waals surface area (Å²) in [5.74, 6) is -0.219. The summed E-state index contributed by atoms with van der Waals surface area (Å²) in [5, 5.41) is 11.7. The minimum Gasteiger partial charge on any atom is -0.323 e. The van der Waals surface area contributed by atoms with Gasteiger partial charge in [0.15, 0.2) is 0 Å². The van der Waals surface area contributed by atoms with Gasteiger partial charge in [0.25, 0.3) is 0 Å². The van der Waals surface area contributed by atoms with E-state index in [0.717, 1.165) is 16.8 Å². The molecule has 2 rings (SSSR count). The molecule has 98 valence electrons. The fourth-order valence-corrected chi connectivity index (χ4v) is 1.82. The van der Waals surface area contributed by atoms with E-state index < -0.39 is 0 Å². The number of anilines is 1. The van der Waals surface area contributed by atoms with Gasteiger partial charge in [-0.15, -0.1) is 0 Å². The molecule has 0 aromatic heterocycles. The molecule has 20 heavy (non-hydrogen) atoms. The van der Waals surface area contributed by atoms with E-state index >= 15 is 0 Å². The van der Waals surface area contributed by atoms with Crippen molar-refractivity contribution in [3.05, 3.63) is 71.3 Å². The molecule has 3 heteroatoms. The average molecular weight is 262 g/mol. The molecular formula is C17H14N2O. The van der Waals surface area contributed by atoms with E-state index in [1.54, 1.807) is 24.3 Å². The molecule has 0 unspecified atom stereocenters. The number of amides is 1. The zero-order chi connectivity index (χ0) is 14.4. The monoisotopic (exact) mass is 262 g/mol. The van der Waals surface area contributed by atoms with Crippen molar-refractivity contribution in [2.75, 3.05) is 5.32 Å². The highest BCUT2D eigenvalue weighted by atomic mass is 16.1. The third-order valence-electron chi connectivity index (χ3n) is 2.78. The van der Waals surface area contributed by atoms with Crippen LogP contribution in [0.4, 0.5) is 5.69 Å². The molecule has 0 bridgehead atoms. The van der Waals surface area contributed by atoms with E-state index in [-0.39, 0.29) is 5.91 Å². The Kier molecular flexibility index (Phi) is 4.31. The first-order valence-corrected chi connectivity index (χ1v) is 6.24. The van der Waals surface area contributed by atoms with Gasteiger partial charge in [-0.05, 0) is 42.3 Å². The molecule has 0 radical (unpaired) electrons. The number of nitriles is 1. The Labute approximate surface area is 118 Å². The third-order valence-corrected chi connectivity index (χ3v) is 2.78. The maximum Gasteiger partial charge on any atom is 0.248 e. The maximum absolute atomic E-state index is 11.8. The first-order valence-electron chi connectivity index (χ1n) is 6.24. The normalized spacial score (nSPS) is 10.2. The third kappa shape index (κ3) is 3.56. The van der Waals surface area contributed by atoms with E-state index in [1.807, 2.05) is 37.3 Å². The second kappa shape index (κ2) is 6.35. The van der Waals surface area contributed by atoms with Crippen molar-refractivity contribution in [2.45, 2.75) is 6.92 Å². The second-order valence-corrected chi connectivity index (χ2v) is 4.39. The number of hydrogen-bond donors (Lipinski definition) is 1. The van der Waals surface area contributed by atoms with Gasteiger partial charge in [0.1, 0.15) is 0 Å². The zero-order valence-corrected chi connectivity index (χ0v) is 11.1. The van der Waals surface area contributed by atoms with E-state index in [4.69, 9.17) is 5.26 Å². The molecule has 0 heterocycles. The highest BCUT2D eigenvalue weighted by molar-refractivity contribution is 6.02. The number of aryl methyl sites for hydroxylation is 1. The van der Waals surface area contributed by atoms with Crippen LogP contribution in [0.2, 0.25) is 0 Å². The quantitative estimate of drug-likeness (QED) is 0.860. The summed E-state index contributed by atoms with van der Waals surface area (Å²) in [6.45, 7) is 1.97. The zero-order valence-electron chi connectivity index (χ0n) is 11.1. The van der Waals surface area contributed by atoms with Crippen LogP contribution in [0.3, 0.4) is 0 Å². The molecule has 0 fully saturated rings. The van der Waals surface area contributed by atoms with Gasteiger partial charge in [0.05, 0.1) is 11.6 Å². The van der Waals surface area contributed by atoms with Crippen molar-refractivity contribution in [3.63, 3.8) is 0 Å². The Morgan fingerprint density at radius 1 is 1.20 bits per heavy atom. The number of hydrogen-bond acceptors (Lipinski definition) is 2. The number of nitrogens with one attached hydrogen (secondary N) is 1. The Balaban J connectivity index is 2.08. The average Bonchev–Trinajstić information content (AvgIpc) is 2.45. The SMILES string of the molecule is Cc1cccc(NC(=O)/C=C/c2ccccc2C#N)c1. The van der Waals surface area contributed by atoms with Crippen molar-refractivity contribution >= 4 is 17.7 Å². The van der Waals surface area contributed by atoms with E-state index in [0.29, 0.717) is 5.56 Å². The molecule has 0 saturated carbocycles. The molecule has 0 saturated heterocycles. The summed E-state index contributed by atoms with van der Waals surface area (Å²) >= 11 is 0. The van der Waals surface area contributed by atoms with Gasteiger partial charge < -0.3 is 5.32 Å². The predicted molar refractivity (Wildman–Crippen MR) is 80.0 cm³/mol. The molecule has 3 nitrogen and oxygen atoms in total. The summed E-state index contributed by atoms with van der Waals surface area (Å²) in [6.07, 6.45) is 3.07. The Morgan fingerprint density at radius 3 is 2.75 bits per heavy atom. The lowest BCUT2D eigenvalue weighted by atomic mass is 10.1. The standard InChI is InChI=1S/C17H14N2O/c1-13-5-4-8-16(11-13)19-17(20)10-9-14-6-2-3-7-15(14)12-18/h2-11H,1H3,(H,19,20)/b10-9+. The van der Waals surface area contributed by atoms with E-state index in [1.165, 1.54) is 6.08 Å². The molecule has 0 atom stereocenters. The summed E-state index contributed by atoms with van der Waals surface area (Å²) in [4.78, 5) is 11.8. The first-order chi connectivity index (χ1) is 9.69. The lowest BCUT2D eigenvalue weighted by Gasteiger charge is -2.03. The second-order valence-electron chi connectivity index (χ2n) is 4.39. The van der Waals surface area contributed by atoms with Crippen molar-refractivity contribution in [2.24, 2.45) is 0 Å².